The van der Waals surface area contributed by atoms with E-state index >= 15 is 0 Å². The first-order chi connectivity index (χ1) is 11.5. The smallest absolute Gasteiger partial charge is 0.209 e. The number of hydrogen-bond donors (Lipinski definition) is 0. The third-order valence-corrected chi connectivity index (χ3v) is 4.19. The Morgan fingerprint density at radius 1 is 1.00 bits per heavy atom. The predicted octanol–water partition coefficient (Wildman–Crippen LogP) is 6.15. The molecule has 0 N–H and O–H groups in total. The van der Waals surface area contributed by atoms with Crippen molar-refractivity contribution in [2.24, 2.45) is 0 Å². The first-order valence-corrected chi connectivity index (χ1v) is 8.13. The summed E-state index contributed by atoms with van der Waals surface area (Å²) in [6.07, 6.45) is 6.57. The Morgan fingerprint density at radius 3 is 2.28 bits per heavy atom. The zero-order valence-corrected chi connectivity index (χ0v) is 15.8. The van der Waals surface area contributed by atoms with Crippen LogP contribution in [0.4, 0.5) is 0 Å². The second-order valence-corrected chi connectivity index (χ2v) is 6.28. The van der Waals surface area contributed by atoms with Crippen molar-refractivity contribution in [2.75, 3.05) is 0 Å². The fraction of sp³-hybridized carbons (Fsp3) is 0. The summed E-state index contributed by atoms with van der Waals surface area (Å²) in [5.41, 5.74) is 1.62. The zero-order chi connectivity index (χ0) is 17.1. The lowest BCUT2D eigenvalue weighted by Crippen LogP contribution is -2.08. The molecule has 0 fully saturated rings. The summed E-state index contributed by atoms with van der Waals surface area (Å²) in [5, 5.41) is 1.56. The number of hydrogen-bond acceptors (Lipinski definition) is 2. The van der Waals surface area contributed by atoms with E-state index in [4.69, 9.17) is 34.8 Å². The molecular weight excluding hydrogens is 402 g/mol. The summed E-state index contributed by atoms with van der Waals surface area (Å²) in [5.74, 6) is -0.171. The molecule has 0 aliphatic carbocycles. The molecule has 0 amide bonds. The molecule has 0 atom stereocenters. The van der Waals surface area contributed by atoms with Crippen LogP contribution in [0.2, 0.25) is 15.1 Å². The number of halogens is 4. The van der Waals surface area contributed by atoms with Gasteiger partial charge in [0.15, 0.2) is 0 Å². The third-order valence-electron chi connectivity index (χ3n) is 3.38. The number of rotatable bonds is 4. The van der Waals surface area contributed by atoms with Gasteiger partial charge >= 0.3 is 0 Å². The van der Waals surface area contributed by atoms with Gasteiger partial charge in [-0.2, -0.15) is 0 Å². The standard InChI is InChI=1S/C18H11Cl3N2O.ClH/c19-14-4-1-12(2-5-14)18(24)17(23-8-7-22-11-23)9-13-3-6-15(20)10-16(13)21;/h1-11H;1H. The van der Waals surface area contributed by atoms with Gasteiger partial charge in [-0.3, -0.25) is 4.79 Å². The van der Waals surface area contributed by atoms with Crippen LogP contribution in [0.3, 0.4) is 0 Å². The van der Waals surface area contributed by atoms with Crippen molar-refractivity contribution in [1.29, 1.82) is 0 Å². The number of allylic oxidation sites excluding steroid dienone is 1. The van der Waals surface area contributed by atoms with Crippen LogP contribution in [-0.4, -0.2) is 15.3 Å². The molecule has 128 valence electrons. The lowest BCUT2D eigenvalue weighted by atomic mass is 10.1. The Hall–Kier alpha value is -1.78. The van der Waals surface area contributed by atoms with Crippen LogP contribution in [0.5, 0.6) is 0 Å². The van der Waals surface area contributed by atoms with Gasteiger partial charge < -0.3 is 4.57 Å². The van der Waals surface area contributed by atoms with E-state index in [-0.39, 0.29) is 18.2 Å². The molecule has 7 heteroatoms. The summed E-state index contributed by atoms with van der Waals surface area (Å²) >= 11 is 18.0. The first-order valence-electron chi connectivity index (χ1n) is 7.00. The zero-order valence-electron chi connectivity index (χ0n) is 12.7. The van der Waals surface area contributed by atoms with Gasteiger partial charge in [-0.1, -0.05) is 40.9 Å². The Labute approximate surface area is 166 Å². The number of imidazole rings is 1. The lowest BCUT2D eigenvalue weighted by molar-refractivity contribution is 0.105. The van der Waals surface area contributed by atoms with Gasteiger partial charge in [0.2, 0.25) is 5.78 Å². The molecule has 25 heavy (non-hydrogen) atoms. The Balaban J connectivity index is 0.00000225. The molecule has 0 unspecified atom stereocenters. The maximum absolute atomic E-state index is 12.9. The predicted molar refractivity (Wildman–Crippen MR) is 106 cm³/mol. The Morgan fingerprint density at radius 2 is 1.68 bits per heavy atom. The highest BCUT2D eigenvalue weighted by Gasteiger charge is 2.15. The van der Waals surface area contributed by atoms with E-state index in [0.717, 1.165) is 0 Å². The number of Topliss-reactive ketones (excluding diaryl/α,β-unsaturated/α-hetero) is 1. The maximum Gasteiger partial charge on any atom is 0.209 e. The van der Waals surface area contributed by atoms with Crippen LogP contribution < -0.4 is 0 Å². The van der Waals surface area contributed by atoms with E-state index in [1.165, 1.54) is 0 Å². The monoisotopic (exact) mass is 412 g/mol. The molecule has 0 spiro atoms. The SMILES string of the molecule is Cl.O=C(C(=Cc1ccc(Cl)cc1Cl)n1ccnc1)c1ccc(Cl)cc1. The second kappa shape index (κ2) is 8.54. The molecule has 0 radical (unpaired) electrons. The van der Waals surface area contributed by atoms with Gasteiger partial charge in [-0.05, 0) is 48.0 Å². The van der Waals surface area contributed by atoms with Crippen molar-refractivity contribution in [2.45, 2.75) is 0 Å². The molecule has 3 rings (SSSR count). The largest absolute Gasteiger partial charge is 0.303 e. The van der Waals surface area contributed by atoms with Crippen LogP contribution in [-0.2, 0) is 0 Å². The van der Waals surface area contributed by atoms with Crippen LogP contribution in [0.1, 0.15) is 15.9 Å². The van der Waals surface area contributed by atoms with Crippen LogP contribution in [0, 0.1) is 0 Å². The fourth-order valence-electron chi connectivity index (χ4n) is 2.17. The molecule has 3 aromatic rings. The van der Waals surface area contributed by atoms with Crippen LogP contribution >= 0.6 is 47.2 Å². The van der Waals surface area contributed by atoms with Crippen LogP contribution in [0.25, 0.3) is 11.8 Å². The molecule has 0 aliphatic heterocycles. The van der Waals surface area contributed by atoms with Crippen molar-refractivity contribution < 1.29 is 4.79 Å². The number of carbonyl (C=O) groups excluding carboxylic acids is 1. The number of aromatic nitrogens is 2. The van der Waals surface area contributed by atoms with E-state index in [1.54, 1.807) is 71.8 Å². The van der Waals surface area contributed by atoms with Gasteiger partial charge in [0.1, 0.15) is 0 Å². The molecule has 3 nitrogen and oxygen atoms in total. The summed E-state index contributed by atoms with van der Waals surface area (Å²) < 4.78 is 1.64. The van der Waals surface area contributed by atoms with Gasteiger partial charge in [0, 0.05) is 33.0 Å². The Bertz CT molecular complexity index is 903. The van der Waals surface area contributed by atoms with Crippen molar-refractivity contribution in [1.82, 2.24) is 9.55 Å². The average Bonchev–Trinajstić information content (AvgIpc) is 3.08. The molecule has 0 saturated carbocycles. The van der Waals surface area contributed by atoms with Crippen molar-refractivity contribution in [3.8, 4) is 0 Å². The fourth-order valence-corrected chi connectivity index (χ4v) is 2.76. The molecule has 1 heterocycles. The van der Waals surface area contributed by atoms with Gasteiger partial charge in [-0.15, -0.1) is 12.4 Å². The highest BCUT2D eigenvalue weighted by atomic mass is 35.5. The number of nitrogens with zero attached hydrogens (tertiary/aromatic N) is 2. The minimum Gasteiger partial charge on any atom is -0.303 e. The van der Waals surface area contributed by atoms with Gasteiger partial charge in [0.25, 0.3) is 0 Å². The summed E-state index contributed by atoms with van der Waals surface area (Å²) in [6, 6.07) is 11.8. The highest BCUT2D eigenvalue weighted by Crippen LogP contribution is 2.25. The molecule has 1 aromatic heterocycles. The van der Waals surface area contributed by atoms with Crippen molar-refractivity contribution in [3.05, 3.63) is 87.4 Å². The molecule has 2 aromatic carbocycles. The molecular formula is C18H12Cl4N2O. The van der Waals surface area contributed by atoms with E-state index in [0.29, 0.717) is 31.9 Å². The minimum absolute atomic E-state index is 0. The lowest BCUT2D eigenvalue weighted by Gasteiger charge is -2.09. The van der Waals surface area contributed by atoms with E-state index < -0.39 is 0 Å². The van der Waals surface area contributed by atoms with Gasteiger partial charge in [0.05, 0.1) is 12.0 Å². The van der Waals surface area contributed by atoms with Crippen LogP contribution in [0.15, 0.2) is 61.2 Å². The van der Waals surface area contributed by atoms with Gasteiger partial charge in [-0.25, -0.2) is 4.98 Å². The van der Waals surface area contributed by atoms with E-state index in [1.807, 2.05) is 0 Å². The molecule has 0 bridgehead atoms. The summed E-state index contributed by atoms with van der Waals surface area (Å²) in [7, 11) is 0. The number of ketones is 1. The summed E-state index contributed by atoms with van der Waals surface area (Å²) in [6.45, 7) is 0. The number of carbonyl (C=O) groups is 1. The minimum atomic E-state index is -0.171. The molecule has 0 saturated heterocycles. The highest BCUT2D eigenvalue weighted by molar-refractivity contribution is 6.36. The number of benzene rings is 2. The van der Waals surface area contributed by atoms with E-state index in [9.17, 15) is 4.79 Å². The quantitative estimate of drug-likeness (QED) is 0.380. The average molecular weight is 414 g/mol. The van der Waals surface area contributed by atoms with Crippen molar-refractivity contribution >= 4 is 64.8 Å². The maximum atomic E-state index is 12.9. The molecule has 0 aliphatic rings. The normalized spacial score (nSPS) is 11.1. The van der Waals surface area contributed by atoms with E-state index in [2.05, 4.69) is 4.98 Å². The summed E-state index contributed by atoms with van der Waals surface area (Å²) in [4.78, 5) is 16.9. The third kappa shape index (κ3) is 4.65. The first kappa shape index (κ1) is 19.5. The van der Waals surface area contributed by atoms with Crippen molar-refractivity contribution in [3.63, 3.8) is 0 Å². The topological polar surface area (TPSA) is 34.9 Å². The Kier molecular flexibility index (Phi) is 6.68. The second-order valence-electron chi connectivity index (χ2n) is 5.00.